The molecular formula is C10H13NO2S. The van der Waals surface area contributed by atoms with Gasteiger partial charge in [0.2, 0.25) is 0 Å². The zero-order valence-corrected chi connectivity index (χ0v) is 9.06. The molecule has 0 aromatic heterocycles. The van der Waals surface area contributed by atoms with E-state index in [1.165, 1.54) is 6.26 Å². The zero-order valence-electron chi connectivity index (χ0n) is 8.24. The Morgan fingerprint density at radius 3 is 2.14 bits per heavy atom. The van der Waals surface area contributed by atoms with Crippen LogP contribution in [0.25, 0.3) is 0 Å². The summed E-state index contributed by atoms with van der Waals surface area (Å²) in [7, 11) is -3.10. The van der Waals surface area contributed by atoms with Crippen molar-refractivity contribution in [2.24, 2.45) is 0 Å². The van der Waals surface area contributed by atoms with Crippen LogP contribution in [0.1, 0.15) is 6.92 Å². The lowest BCUT2D eigenvalue weighted by Crippen LogP contribution is -1.98. The molecule has 0 saturated carbocycles. The van der Waals surface area contributed by atoms with Gasteiger partial charge in [-0.15, -0.1) is 0 Å². The van der Waals surface area contributed by atoms with Crippen molar-refractivity contribution in [1.29, 1.82) is 0 Å². The van der Waals surface area contributed by atoms with Gasteiger partial charge in [-0.05, 0) is 31.2 Å². The van der Waals surface area contributed by atoms with E-state index in [9.17, 15) is 8.42 Å². The Morgan fingerprint density at radius 1 is 1.29 bits per heavy atom. The first-order valence-corrected chi connectivity index (χ1v) is 6.01. The van der Waals surface area contributed by atoms with Gasteiger partial charge in [-0.3, -0.25) is 0 Å². The van der Waals surface area contributed by atoms with Crippen LogP contribution in [-0.4, -0.2) is 14.7 Å². The van der Waals surface area contributed by atoms with Gasteiger partial charge in [0.1, 0.15) is 0 Å². The minimum atomic E-state index is -3.10. The van der Waals surface area contributed by atoms with Gasteiger partial charge < -0.3 is 5.32 Å². The highest BCUT2D eigenvalue weighted by Gasteiger charge is 2.05. The molecule has 4 heteroatoms. The van der Waals surface area contributed by atoms with Crippen LogP contribution in [0.2, 0.25) is 0 Å². The molecule has 1 aromatic rings. The van der Waals surface area contributed by atoms with Crippen molar-refractivity contribution in [1.82, 2.24) is 0 Å². The standard InChI is InChI=1S/C10H13NO2S/c1-8(2)11-9-4-6-10(7-5-9)14(3,12)13/h4-7,11H,1H2,2-3H3. The van der Waals surface area contributed by atoms with E-state index in [4.69, 9.17) is 0 Å². The molecule has 14 heavy (non-hydrogen) atoms. The topological polar surface area (TPSA) is 46.2 Å². The van der Waals surface area contributed by atoms with Gasteiger partial charge in [0.15, 0.2) is 9.84 Å². The third-order valence-corrected chi connectivity index (χ3v) is 2.77. The van der Waals surface area contributed by atoms with Crippen LogP contribution in [0.4, 0.5) is 5.69 Å². The molecule has 3 nitrogen and oxygen atoms in total. The van der Waals surface area contributed by atoms with E-state index in [-0.39, 0.29) is 0 Å². The van der Waals surface area contributed by atoms with Crippen LogP contribution in [0.15, 0.2) is 41.4 Å². The van der Waals surface area contributed by atoms with Crippen LogP contribution in [0, 0.1) is 0 Å². The highest BCUT2D eigenvalue weighted by molar-refractivity contribution is 7.90. The van der Waals surface area contributed by atoms with E-state index < -0.39 is 9.84 Å². The molecule has 0 aliphatic rings. The summed E-state index contributed by atoms with van der Waals surface area (Å²) < 4.78 is 22.3. The van der Waals surface area contributed by atoms with Crippen molar-refractivity contribution in [2.45, 2.75) is 11.8 Å². The number of anilines is 1. The van der Waals surface area contributed by atoms with Crippen LogP contribution >= 0.6 is 0 Å². The Hall–Kier alpha value is -1.29. The Balaban J connectivity index is 2.95. The molecule has 0 bridgehead atoms. The second-order valence-corrected chi connectivity index (χ2v) is 5.22. The van der Waals surface area contributed by atoms with Crippen molar-refractivity contribution in [3.63, 3.8) is 0 Å². The summed E-state index contributed by atoms with van der Waals surface area (Å²) in [6, 6.07) is 6.57. The monoisotopic (exact) mass is 211 g/mol. The van der Waals surface area contributed by atoms with E-state index in [2.05, 4.69) is 11.9 Å². The molecule has 0 aliphatic carbocycles. The van der Waals surface area contributed by atoms with Crippen molar-refractivity contribution in [3.8, 4) is 0 Å². The molecule has 0 atom stereocenters. The minimum Gasteiger partial charge on any atom is -0.360 e. The fraction of sp³-hybridized carbons (Fsp3) is 0.200. The summed E-state index contributed by atoms with van der Waals surface area (Å²) in [5, 5.41) is 2.99. The normalized spacial score (nSPS) is 11.0. The summed E-state index contributed by atoms with van der Waals surface area (Å²) in [5.41, 5.74) is 1.65. The number of sulfone groups is 1. The first kappa shape index (κ1) is 10.8. The minimum absolute atomic E-state index is 0.324. The third-order valence-electron chi connectivity index (χ3n) is 1.64. The molecule has 76 valence electrons. The number of hydrogen-bond acceptors (Lipinski definition) is 3. The summed E-state index contributed by atoms with van der Waals surface area (Å²) in [6.45, 7) is 5.53. The van der Waals surface area contributed by atoms with Crippen LogP contribution < -0.4 is 5.32 Å². The SMILES string of the molecule is C=C(C)Nc1ccc(S(C)(=O)=O)cc1. The van der Waals surface area contributed by atoms with Crippen molar-refractivity contribution < 1.29 is 8.42 Å². The number of benzene rings is 1. The smallest absolute Gasteiger partial charge is 0.175 e. The Bertz CT molecular complexity index is 432. The molecule has 0 heterocycles. The predicted octanol–water partition coefficient (Wildman–Crippen LogP) is 2.04. The Labute approximate surface area is 84.4 Å². The average Bonchev–Trinajstić information content (AvgIpc) is 2.02. The molecule has 0 fully saturated rings. The number of allylic oxidation sites excluding steroid dienone is 1. The second-order valence-electron chi connectivity index (χ2n) is 3.20. The lowest BCUT2D eigenvalue weighted by Gasteiger charge is -2.05. The molecule has 0 amide bonds. The summed E-state index contributed by atoms with van der Waals surface area (Å²) in [5.74, 6) is 0. The first-order chi connectivity index (χ1) is 6.39. The van der Waals surface area contributed by atoms with Crippen molar-refractivity contribution in [3.05, 3.63) is 36.5 Å². The molecule has 0 spiro atoms. The summed E-state index contributed by atoms with van der Waals surface area (Å²) in [6.07, 6.45) is 1.19. The number of hydrogen-bond donors (Lipinski definition) is 1. The van der Waals surface area contributed by atoms with E-state index >= 15 is 0 Å². The van der Waals surface area contributed by atoms with Crippen molar-refractivity contribution in [2.75, 3.05) is 11.6 Å². The first-order valence-electron chi connectivity index (χ1n) is 4.12. The van der Waals surface area contributed by atoms with Gasteiger partial charge >= 0.3 is 0 Å². The Morgan fingerprint density at radius 2 is 1.79 bits per heavy atom. The second kappa shape index (κ2) is 3.84. The van der Waals surface area contributed by atoms with Gasteiger partial charge in [0, 0.05) is 17.6 Å². The van der Waals surface area contributed by atoms with Crippen LogP contribution in [0.5, 0.6) is 0 Å². The molecule has 0 unspecified atom stereocenters. The largest absolute Gasteiger partial charge is 0.360 e. The molecule has 0 saturated heterocycles. The maximum absolute atomic E-state index is 11.1. The Kier molecular flexibility index (Phi) is 2.96. The fourth-order valence-electron chi connectivity index (χ4n) is 1.03. The highest BCUT2D eigenvalue weighted by atomic mass is 32.2. The molecule has 0 aliphatic heterocycles. The number of nitrogens with one attached hydrogen (secondary N) is 1. The zero-order chi connectivity index (χ0) is 10.8. The lowest BCUT2D eigenvalue weighted by atomic mass is 10.3. The van der Waals surface area contributed by atoms with Gasteiger partial charge in [0.25, 0.3) is 0 Å². The van der Waals surface area contributed by atoms with Crippen LogP contribution in [-0.2, 0) is 9.84 Å². The van der Waals surface area contributed by atoms with Gasteiger partial charge in [0.05, 0.1) is 4.90 Å². The van der Waals surface area contributed by atoms with E-state index in [1.54, 1.807) is 24.3 Å². The third kappa shape index (κ3) is 2.88. The van der Waals surface area contributed by atoms with Gasteiger partial charge in [-0.25, -0.2) is 8.42 Å². The van der Waals surface area contributed by atoms with Crippen molar-refractivity contribution >= 4 is 15.5 Å². The van der Waals surface area contributed by atoms with Gasteiger partial charge in [-0.1, -0.05) is 6.58 Å². The fourth-order valence-corrected chi connectivity index (χ4v) is 1.66. The van der Waals surface area contributed by atoms with E-state index in [0.29, 0.717) is 4.90 Å². The highest BCUT2D eigenvalue weighted by Crippen LogP contribution is 2.14. The average molecular weight is 211 g/mol. The summed E-state index contributed by atoms with van der Waals surface area (Å²) >= 11 is 0. The van der Waals surface area contributed by atoms with E-state index in [1.807, 2.05) is 6.92 Å². The lowest BCUT2D eigenvalue weighted by molar-refractivity contribution is 0.602. The maximum Gasteiger partial charge on any atom is 0.175 e. The molecule has 1 N–H and O–H groups in total. The maximum atomic E-state index is 11.1. The van der Waals surface area contributed by atoms with Gasteiger partial charge in [-0.2, -0.15) is 0 Å². The summed E-state index contributed by atoms with van der Waals surface area (Å²) in [4.78, 5) is 0.324. The molecule has 1 aromatic carbocycles. The van der Waals surface area contributed by atoms with E-state index in [0.717, 1.165) is 11.4 Å². The predicted molar refractivity (Wildman–Crippen MR) is 58.0 cm³/mol. The van der Waals surface area contributed by atoms with Crippen LogP contribution in [0.3, 0.4) is 0 Å². The molecular weight excluding hydrogens is 198 g/mol. The quantitative estimate of drug-likeness (QED) is 0.832. The molecule has 0 radical (unpaired) electrons. The molecule has 1 rings (SSSR count). The number of rotatable bonds is 3.